The third kappa shape index (κ3) is 4.06. The quantitative estimate of drug-likeness (QED) is 0.274. The van der Waals surface area contributed by atoms with Gasteiger partial charge in [0.2, 0.25) is 5.78 Å². The van der Waals surface area contributed by atoms with E-state index in [4.69, 9.17) is 0 Å². The van der Waals surface area contributed by atoms with Crippen molar-refractivity contribution in [2.75, 3.05) is 6.61 Å². The van der Waals surface area contributed by atoms with E-state index in [-0.39, 0.29) is 12.2 Å². The van der Waals surface area contributed by atoms with Crippen LogP contribution in [0.5, 0.6) is 0 Å². The molecule has 1 aromatic heterocycles. The second kappa shape index (κ2) is 8.43. The van der Waals surface area contributed by atoms with Crippen LogP contribution in [0.15, 0.2) is 65.6 Å². The first kappa shape index (κ1) is 19.2. The Balaban J connectivity index is 2.02. The molecule has 0 N–H and O–H groups in total. The molecule has 0 bridgehead atoms. The molecule has 6 heteroatoms. The standard InChI is InChI=1S/C22H19NO5/c1-2-28-22(27)20(25)12-19(24)17-14-23(13-15-8-4-3-5-9-15)18-11-7-6-10-16(18)21(17)26/h3-11,14H,2,12-13H2,1H3. The minimum Gasteiger partial charge on any atom is -0.460 e. The summed E-state index contributed by atoms with van der Waals surface area (Å²) in [5.74, 6) is -2.73. The second-order valence-corrected chi connectivity index (χ2v) is 6.25. The average Bonchev–Trinajstić information content (AvgIpc) is 2.71. The molecule has 3 rings (SSSR count). The van der Waals surface area contributed by atoms with E-state index in [2.05, 4.69) is 4.74 Å². The van der Waals surface area contributed by atoms with E-state index >= 15 is 0 Å². The molecule has 0 saturated heterocycles. The Hall–Kier alpha value is -3.54. The number of fused-ring (bicyclic) bond motifs is 1. The molecule has 0 unspecified atom stereocenters. The van der Waals surface area contributed by atoms with E-state index in [0.29, 0.717) is 17.4 Å². The van der Waals surface area contributed by atoms with E-state index in [1.807, 2.05) is 36.4 Å². The molecule has 3 aromatic rings. The molecule has 0 amide bonds. The molecule has 142 valence electrons. The van der Waals surface area contributed by atoms with Crippen LogP contribution in [0.3, 0.4) is 0 Å². The summed E-state index contributed by atoms with van der Waals surface area (Å²) in [5.41, 5.74) is 1.11. The number of pyridine rings is 1. The number of para-hydroxylation sites is 1. The summed E-state index contributed by atoms with van der Waals surface area (Å²) in [6.07, 6.45) is 0.760. The van der Waals surface area contributed by atoms with E-state index in [1.54, 1.807) is 29.7 Å². The lowest BCUT2D eigenvalue weighted by Gasteiger charge is -2.13. The van der Waals surface area contributed by atoms with Gasteiger partial charge in [0.1, 0.15) is 0 Å². The van der Waals surface area contributed by atoms with Crippen LogP contribution >= 0.6 is 0 Å². The zero-order valence-electron chi connectivity index (χ0n) is 15.4. The van der Waals surface area contributed by atoms with Crippen LogP contribution in [-0.2, 0) is 20.9 Å². The summed E-state index contributed by atoms with van der Waals surface area (Å²) >= 11 is 0. The lowest BCUT2D eigenvalue weighted by atomic mass is 10.0. The fourth-order valence-electron chi connectivity index (χ4n) is 2.98. The van der Waals surface area contributed by atoms with Crippen molar-refractivity contribution in [3.63, 3.8) is 0 Å². The van der Waals surface area contributed by atoms with Crippen molar-refractivity contribution in [1.29, 1.82) is 0 Å². The van der Waals surface area contributed by atoms with Crippen LogP contribution in [0.25, 0.3) is 10.9 Å². The molecule has 2 aromatic carbocycles. The summed E-state index contributed by atoms with van der Waals surface area (Å²) in [7, 11) is 0. The fourth-order valence-corrected chi connectivity index (χ4v) is 2.98. The molecule has 0 aliphatic heterocycles. The number of nitrogens with zero attached hydrogens (tertiary/aromatic N) is 1. The van der Waals surface area contributed by atoms with Gasteiger partial charge < -0.3 is 9.30 Å². The molecule has 0 fully saturated rings. The highest BCUT2D eigenvalue weighted by molar-refractivity contribution is 6.38. The van der Waals surface area contributed by atoms with E-state index in [9.17, 15) is 19.2 Å². The first-order chi connectivity index (χ1) is 13.5. The number of rotatable bonds is 7. The van der Waals surface area contributed by atoms with Crippen molar-refractivity contribution in [1.82, 2.24) is 4.57 Å². The van der Waals surface area contributed by atoms with Crippen molar-refractivity contribution in [3.05, 3.63) is 82.1 Å². The molecule has 0 saturated carbocycles. The summed E-state index contributed by atoms with van der Waals surface area (Å²) < 4.78 is 6.42. The molecule has 0 radical (unpaired) electrons. The topological polar surface area (TPSA) is 82.4 Å². The van der Waals surface area contributed by atoms with Crippen molar-refractivity contribution in [2.45, 2.75) is 19.9 Å². The first-order valence-electron chi connectivity index (χ1n) is 8.90. The number of carbonyl (C=O) groups excluding carboxylic acids is 3. The van der Waals surface area contributed by atoms with Gasteiger partial charge in [0.05, 0.1) is 24.1 Å². The Morgan fingerprint density at radius 3 is 2.36 bits per heavy atom. The maximum absolute atomic E-state index is 12.8. The van der Waals surface area contributed by atoms with Gasteiger partial charge in [-0.3, -0.25) is 14.4 Å². The summed E-state index contributed by atoms with van der Waals surface area (Å²) in [6, 6.07) is 16.6. The molecule has 0 atom stereocenters. The molecule has 0 aliphatic rings. The lowest BCUT2D eigenvalue weighted by molar-refractivity contribution is -0.153. The predicted octanol–water partition coefficient (Wildman–Crippen LogP) is 2.75. The van der Waals surface area contributed by atoms with E-state index in [1.165, 1.54) is 6.20 Å². The first-order valence-corrected chi connectivity index (χ1v) is 8.90. The Kier molecular flexibility index (Phi) is 5.79. The fraction of sp³-hybridized carbons (Fsp3) is 0.182. The minimum absolute atomic E-state index is 0.0403. The van der Waals surface area contributed by atoms with Gasteiger partial charge in [-0.05, 0) is 24.6 Å². The number of aromatic nitrogens is 1. The number of ether oxygens (including phenoxy) is 1. The number of esters is 1. The molecule has 0 spiro atoms. The minimum atomic E-state index is -1.07. The van der Waals surface area contributed by atoms with Crippen LogP contribution in [0.2, 0.25) is 0 Å². The van der Waals surface area contributed by atoms with Gasteiger partial charge in [0.25, 0.3) is 0 Å². The third-order valence-corrected chi connectivity index (χ3v) is 4.31. The zero-order valence-corrected chi connectivity index (χ0v) is 15.4. The molecular formula is C22H19NO5. The third-order valence-electron chi connectivity index (χ3n) is 4.31. The smallest absolute Gasteiger partial charge is 0.375 e. The number of benzene rings is 2. The summed E-state index contributed by atoms with van der Waals surface area (Å²) in [5, 5.41) is 0.382. The molecule has 1 heterocycles. The normalized spacial score (nSPS) is 10.6. The number of ketones is 2. The SMILES string of the molecule is CCOC(=O)C(=O)CC(=O)c1cn(Cc2ccccc2)c2ccccc2c1=O. The van der Waals surface area contributed by atoms with Gasteiger partial charge in [0, 0.05) is 18.1 Å². The maximum atomic E-state index is 12.8. The number of Topliss-reactive ketones (excluding diaryl/α,β-unsaturated/α-hetero) is 2. The summed E-state index contributed by atoms with van der Waals surface area (Å²) in [6.45, 7) is 2.06. The number of carbonyl (C=O) groups is 3. The monoisotopic (exact) mass is 377 g/mol. The summed E-state index contributed by atoms with van der Waals surface area (Å²) in [4.78, 5) is 48.8. The van der Waals surface area contributed by atoms with Gasteiger partial charge in [0.15, 0.2) is 11.2 Å². The molecular weight excluding hydrogens is 358 g/mol. The number of hydrogen-bond donors (Lipinski definition) is 0. The van der Waals surface area contributed by atoms with Gasteiger partial charge in [-0.2, -0.15) is 0 Å². The van der Waals surface area contributed by atoms with Crippen LogP contribution in [-0.4, -0.2) is 28.7 Å². The Bertz CT molecular complexity index is 1100. The zero-order chi connectivity index (χ0) is 20.1. The van der Waals surface area contributed by atoms with E-state index < -0.39 is 29.4 Å². The number of hydrogen-bond acceptors (Lipinski definition) is 5. The highest BCUT2D eigenvalue weighted by Gasteiger charge is 2.23. The highest BCUT2D eigenvalue weighted by Crippen LogP contribution is 2.15. The van der Waals surface area contributed by atoms with Crippen LogP contribution in [0.4, 0.5) is 0 Å². The molecule has 28 heavy (non-hydrogen) atoms. The van der Waals surface area contributed by atoms with Gasteiger partial charge in [-0.25, -0.2) is 4.79 Å². The predicted molar refractivity (Wildman–Crippen MR) is 104 cm³/mol. The van der Waals surface area contributed by atoms with Gasteiger partial charge in [-0.15, -0.1) is 0 Å². The van der Waals surface area contributed by atoms with Crippen molar-refractivity contribution in [3.8, 4) is 0 Å². The van der Waals surface area contributed by atoms with Crippen LogP contribution < -0.4 is 5.43 Å². The van der Waals surface area contributed by atoms with Crippen LogP contribution in [0.1, 0.15) is 29.3 Å². The van der Waals surface area contributed by atoms with Crippen molar-refractivity contribution in [2.24, 2.45) is 0 Å². The lowest BCUT2D eigenvalue weighted by Crippen LogP contribution is -2.25. The Morgan fingerprint density at radius 2 is 1.64 bits per heavy atom. The van der Waals surface area contributed by atoms with E-state index in [0.717, 1.165) is 5.56 Å². The molecule has 0 aliphatic carbocycles. The largest absolute Gasteiger partial charge is 0.460 e. The average molecular weight is 377 g/mol. The maximum Gasteiger partial charge on any atom is 0.375 e. The second-order valence-electron chi connectivity index (χ2n) is 6.25. The van der Waals surface area contributed by atoms with Crippen molar-refractivity contribution < 1.29 is 19.1 Å². The van der Waals surface area contributed by atoms with Crippen molar-refractivity contribution >= 4 is 28.4 Å². The van der Waals surface area contributed by atoms with Gasteiger partial charge >= 0.3 is 5.97 Å². The van der Waals surface area contributed by atoms with Gasteiger partial charge in [-0.1, -0.05) is 42.5 Å². The Morgan fingerprint density at radius 1 is 0.964 bits per heavy atom. The van der Waals surface area contributed by atoms with Crippen LogP contribution in [0, 0.1) is 0 Å². The highest BCUT2D eigenvalue weighted by atomic mass is 16.5. The molecule has 6 nitrogen and oxygen atoms in total. The Labute approximate surface area is 161 Å².